The second-order valence-electron chi connectivity index (χ2n) is 6.42. The lowest BCUT2D eigenvalue weighted by molar-refractivity contribution is -0.286. The fourth-order valence-electron chi connectivity index (χ4n) is 2.97. The molecule has 0 unspecified atom stereocenters. The number of ether oxygens (including phenoxy) is 2. The smallest absolute Gasteiger partial charge is 0.395 e. The third-order valence-corrected chi connectivity index (χ3v) is 4.81. The summed E-state index contributed by atoms with van der Waals surface area (Å²) in [4.78, 5) is 12.1. The zero-order valence-electron chi connectivity index (χ0n) is 13.5. The lowest BCUT2D eigenvalue weighted by Crippen LogP contribution is -2.35. The summed E-state index contributed by atoms with van der Waals surface area (Å²) in [5.74, 6) is -0.187. The lowest BCUT2D eigenvalue weighted by atomic mass is 9.96. The molecule has 1 aliphatic carbocycles. The molecule has 0 aromatic heterocycles. The first-order chi connectivity index (χ1) is 12.4. The topological polar surface area (TPSA) is 59.6 Å². The number of carbonyl (C=O) groups excluding carboxylic acids is 1. The molecule has 2 aromatic rings. The largest absolute Gasteiger partial charge is 0.586 e. The summed E-state index contributed by atoms with van der Waals surface area (Å²) in [6, 6.07) is 11.3. The van der Waals surface area contributed by atoms with E-state index in [0.29, 0.717) is 17.3 Å². The van der Waals surface area contributed by atoms with Crippen LogP contribution in [0.3, 0.4) is 0 Å². The second-order valence-corrected chi connectivity index (χ2v) is 6.86. The average molecular weight is 381 g/mol. The van der Waals surface area contributed by atoms with Gasteiger partial charge in [0.15, 0.2) is 11.5 Å². The summed E-state index contributed by atoms with van der Waals surface area (Å²) < 4.78 is 34.7. The maximum atomic E-state index is 13.0. The molecular weight excluding hydrogens is 366 g/mol. The molecule has 0 atom stereocenters. The van der Waals surface area contributed by atoms with Crippen LogP contribution in [0.5, 0.6) is 11.5 Å². The van der Waals surface area contributed by atoms with Gasteiger partial charge >= 0.3 is 12.3 Å². The molecule has 0 saturated heterocycles. The molecule has 5 nitrogen and oxygen atoms in total. The number of amides is 2. The molecule has 2 aliphatic rings. The van der Waals surface area contributed by atoms with E-state index in [4.69, 9.17) is 11.6 Å². The van der Waals surface area contributed by atoms with Crippen LogP contribution in [0.2, 0.25) is 5.02 Å². The van der Waals surface area contributed by atoms with E-state index in [2.05, 4.69) is 20.1 Å². The van der Waals surface area contributed by atoms with E-state index in [-0.39, 0.29) is 16.9 Å². The first-order valence-electron chi connectivity index (χ1n) is 8.06. The number of urea groups is 1. The van der Waals surface area contributed by atoms with Crippen LogP contribution >= 0.6 is 11.6 Å². The van der Waals surface area contributed by atoms with Gasteiger partial charge in [-0.15, -0.1) is 8.78 Å². The van der Waals surface area contributed by atoms with E-state index in [1.165, 1.54) is 18.2 Å². The minimum Gasteiger partial charge on any atom is -0.395 e. The summed E-state index contributed by atoms with van der Waals surface area (Å²) in [6.07, 6.45) is -1.72. The second kappa shape index (κ2) is 6.02. The van der Waals surface area contributed by atoms with Crippen molar-refractivity contribution in [2.75, 3.05) is 11.9 Å². The number of anilines is 1. The Hall–Kier alpha value is -2.54. The molecule has 2 amide bonds. The molecule has 26 heavy (non-hydrogen) atoms. The standard InChI is InChI=1S/C18H15ClF2N2O3/c19-12-3-1-11(2-4-12)17(7-8-17)10-22-16(24)23-13-5-6-14-15(9-13)26-18(20,21)25-14/h1-6,9H,7-8,10H2,(H2,22,23,24). The summed E-state index contributed by atoms with van der Waals surface area (Å²) >= 11 is 5.91. The monoisotopic (exact) mass is 380 g/mol. The van der Waals surface area contributed by atoms with Gasteiger partial charge in [-0.1, -0.05) is 23.7 Å². The van der Waals surface area contributed by atoms with Crippen molar-refractivity contribution in [3.05, 3.63) is 53.1 Å². The van der Waals surface area contributed by atoms with Gasteiger partial charge in [0.05, 0.1) is 0 Å². The van der Waals surface area contributed by atoms with Crippen molar-refractivity contribution in [2.45, 2.75) is 24.6 Å². The minimum atomic E-state index is -3.68. The first-order valence-corrected chi connectivity index (χ1v) is 8.44. The molecule has 136 valence electrons. The van der Waals surface area contributed by atoms with Crippen LogP contribution in [0.15, 0.2) is 42.5 Å². The van der Waals surface area contributed by atoms with Gasteiger partial charge in [-0.2, -0.15) is 0 Å². The molecule has 4 rings (SSSR count). The molecule has 1 aliphatic heterocycles. The van der Waals surface area contributed by atoms with E-state index in [0.717, 1.165) is 18.4 Å². The molecular formula is C18H15ClF2N2O3. The zero-order valence-corrected chi connectivity index (χ0v) is 14.3. The van der Waals surface area contributed by atoms with Gasteiger partial charge < -0.3 is 20.1 Å². The van der Waals surface area contributed by atoms with Crippen molar-refractivity contribution in [2.24, 2.45) is 0 Å². The summed E-state index contributed by atoms with van der Waals surface area (Å²) in [5, 5.41) is 6.11. The highest BCUT2D eigenvalue weighted by atomic mass is 35.5. The fourth-order valence-corrected chi connectivity index (χ4v) is 3.10. The third-order valence-electron chi connectivity index (χ3n) is 4.56. The predicted octanol–water partition coefficient (Wildman–Crippen LogP) is 4.51. The van der Waals surface area contributed by atoms with Gasteiger partial charge in [0.2, 0.25) is 0 Å². The molecule has 1 saturated carbocycles. The van der Waals surface area contributed by atoms with Crippen molar-refractivity contribution >= 4 is 23.3 Å². The first kappa shape index (κ1) is 16.9. The number of halogens is 3. The molecule has 0 bridgehead atoms. The van der Waals surface area contributed by atoms with Crippen molar-refractivity contribution in [1.82, 2.24) is 5.32 Å². The quantitative estimate of drug-likeness (QED) is 0.820. The van der Waals surface area contributed by atoms with Gasteiger partial charge in [-0.05, 0) is 42.7 Å². The number of alkyl halides is 2. The maximum Gasteiger partial charge on any atom is 0.586 e. The maximum absolute atomic E-state index is 13.0. The van der Waals surface area contributed by atoms with Gasteiger partial charge in [0.1, 0.15) is 0 Å². The SMILES string of the molecule is O=C(NCC1(c2ccc(Cl)cc2)CC1)Nc1ccc2c(c1)OC(F)(F)O2. The highest BCUT2D eigenvalue weighted by molar-refractivity contribution is 6.30. The van der Waals surface area contributed by atoms with Crippen LogP contribution in [0.4, 0.5) is 19.3 Å². The summed E-state index contributed by atoms with van der Waals surface area (Å²) in [6.45, 7) is 0.475. The molecule has 1 fully saturated rings. The van der Waals surface area contributed by atoms with Crippen molar-refractivity contribution in [1.29, 1.82) is 0 Å². The van der Waals surface area contributed by atoms with E-state index in [1.54, 1.807) is 0 Å². The zero-order chi connectivity index (χ0) is 18.4. The Labute approximate surface area is 153 Å². The normalized spacial score (nSPS) is 18.3. The molecule has 1 heterocycles. The van der Waals surface area contributed by atoms with Gasteiger partial charge in [0.25, 0.3) is 0 Å². The van der Waals surface area contributed by atoms with E-state index < -0.39 is 12.3 Å². The predicted molar refractivity (Wildman–Crippen MR) is 92.0 cm³/mol. The summed E-state index contributed by atoms with van der Waals surface area (Å²) in [7, 11) is 0. The minimum absolute atomic E-state index is 0.0689. The number of hydrogen-bond acceptors (Lipinski definition) is 3. The Kier molecular flexibility index (Phi) is 3.91. The van der Waals surface area contributed by atoms with Crippen LogP contribution in [0, 0.1) is 0 Å². The molecule has 2 N–H and O–H groups in total. The highest BCUT2D eigenvalue weighted by Gasteiger charge is 2.45. The highest BCUT2D eigenvalue weighted by Crippen LogP contribution is 2.48. The van der Waals surface area contributed by atoms with Crippen molar-refractivity contribution in [3.63, 3.8) is 0 Å². The number of carbonyl (C=O) groups is 1. The summed E-state index contributed by atoms with van der Waals surface area (Å²) in [5.41, 5.74) is 1.39. The van der Waals surface area contributed by atoms with Crippen LogP contribution in [0.1, 0.15) is 18.4 Å². The Balaban J connectivity index is 1.36. The van der Waals surface area contributed by atoms with Gasteiger partial charge in [0, 0.05) is 28.7 Å². The van der Waals surface area contributed by atoms with E-state index >= 15 is 0 Å². The number of rotatable bonds is 4. The van der Waals surface area contributed by atoms with Crippen molar-refractivity contribution in [3.8, 4) is 11.5 Å². The molecule has 2 aromatic carbocycles. The number of benzene rings is 2. The number of fused-ring (bicyclic) bond motifs is 1. The lowest BCUT2D eigenvalue weighted by Gasteiger charge is -2.17. The fraction of sp³-hybridized carbons (Fsp3) is 0.278. The Morgan fingerprint density at radius 1 is 1.08 bits per heavy atom. The van der Waals surface area contributed by atoms with Crippen LogP contribution in [-0.2, 0) is 5.41 Å². The van der Waals surface area contributed by atoms with Crippen LogP contribution in [-0.4, -0.2) is 18.9 Å². The number of hydrogen-bond donors (Lipinski definition) is 2. The van der Waals surface area contributed by atoms with Crippen LogP contribution < -0.4 is 20.1 Å². The van der Waals surface area contributed by atoms with Crippen LogP contribution in [0.25, 0.3) is 0 Å². The Morgan fingerprint density at radius 2 is 1.77 bits per heavy atom. The van der Waals surface area contributed by atoms with Gasteiger partial charge in [-0.3, -0.25) is 0 Å². The molecule has 0 spiro atoms. The third kappa shape index (κ3) is 3.39. The van der Waals surface area contributed by atoms with Gasteiger partial charge in [-0.25, -0.2) is 4.79 Å². The number of nitrogens with one attached hydrogen (secondary N) is 2. The molecule has 8 heteroatoms. The van der Waals surface area contributed by atoms with E-state index in [9.17, 15) is 13.6 Å². The van der Waals surface area contributed by atoms with E-state index in [1.807, 2.05) is 24.3 Å². The Bertz CT molecular complexity index is 854. The Morgan fingerprint density at radius 3 is 2.46 bits per heavy atom. The molecule has 0 radical (unpaired) electrons. The average Bonchev–Trinajstić information content (AvgIpc) is 3.30. The van der Waals surface area contributed by atoms with Crippen molar-refractivity contribution < 1.29 is 23.0 Å².